The second kappa shape index (κ2) is 8.58. The van der Waals surface area contributed by atoms with Gasteiger partial charge in [-0.1, -0.05) is 40.9 Å². The highest BCUT2D eigenvalue weighted by atomic mass is 35.5. The number of benzene rings is 2. The minimum Gasteiger partial charge on any atom is -0.325 e. The van der Waals surface area contributed by atoms with Crippen LogP contribution in [0.4, 0.5) is 11.4 Å². The van der Waals surface area contributed by atoms with Crippen molar-refractivity contribution in [3.05, 3.63) is 67.1 Å². The van der Waals surface area contributed by atoms with Crippen LogP contribution in [0.1, 0.15) is 5.56 Å². The maximum Gasteiger partial charge on any atom is 0.289 e. The van der Waals surface area contributed by atoms with Gasteiger partial charge in [-0.3, -0.25) is 14.9 Å². The lowest BCUT2D eigenvalue weighted by molar-refractivity contribution is -0.384. The molecule has 1 amide bonds. The number of hydrogen-bond acceptors (Lipinski definition) is 4. The van der Waals surface area contributed by atoms with E-state index in [1.807, 2.05) is 6.07 Å². The molecule has 0 aliphatic carbocycles. The Morgan fingerprint density at radius 2 is 1.79 bits per heavy atom. The van der Waals surface area contributed by atoms with Crippen LogP contribution in [0.5, 0.6) is 0 Å². The Labute approximate surface area is 157 Å². The van der Waals surface area contributed by atoms with E-state index in [0.717, 1.165) is 5.56 Å². The summed E-state index contributed by atoms with van der Waals surface area (Å²) >= 11 is 18.9. The number of anilines is 1. The number of nitrogens with one attached hydrogen (secondary N) is 1. The summed E-state index contributed by atoms with van der Waals surface area (Å²) in [5.41, 5.74) is 1.02. The quantitative estimate of drug-likeness (QED) is 0.514. The van der Waals surface area contributed by atoms with Gasteiger partial charge in [-0.25, -0.2) is 0 Å². The molecule has 0 bridgehead atoms. The maximum atomic E-state index is 11.9. The number of carbonyl (C=O) groups is 1. The van der Waals surface area contributed by atoms with Crippen LogP contribution >= 0.6 is 46.6 Å². The number of halogens is 3. The fourth-order valence-corrected chi connectivity index (χ4v) is 3.10. The highest BCUT2D eigenvalue weighted by Crippen LogP contribution is 2.28. The van der Waals surface area contributed by atoms with Crippen LogP contribution in [0.25, 0.3) is 0 Å². The molecule has 2 rings (SSSR count). The number of thioether (sulfide) groups is 1. The number of rotatable bonds is 6. The molecular weight excluding hydrogens is 395 g/mol. The van der Waals surface area contributed by atoms with Crippen molar-refractivity contribution >= 4 is 63.8 Å². The number of hydrogen-bond donors (Lipinski definition) is 1. The van der Waals surface area contributed by atoms with Crippen molar-refractivity contribution in [2.45, 2.75) is 5.75 Å². The molecule has 0 saturated carbocycles. The third-order valence-corrected chi connectivity index (χ3v) is 4.97. The number of nitrogens with zero attached hydrogens (tertiary/aromatic N) is 1. The van der Waals surface area contributed by atoms with E-state index in [0.29, 0.717) is 21.5 Å². The predicted octanol–water partition coefficient (Wildman–Crippen LogP) is 5.43. The molecule has 1 N–H and O–H groups in total. The van der Waals surface area contributed by atoms with E-state index >= 15 is 0 Å². The van der Waals surface area contributed by atoms with E-state index in [2.05, 4.69) is 5.32 Å². The molecule has 5 nitrogen and oxygen atoms in total. The first kappa shape index (κ1) is 18.9. The Hall–Kier alpha value is -1.47. The molecule has 0 atom stereocenters. The van der Waals surface area contributed by atoms with Gasteiger partial charge in [0.2, 0.25) is 5.91 Å². The van der Waals surface area contributed by atoms with E-state index in [9.17, 15) is 14.9 Å². The Morgan fingerprint density at radius 1 is 1.08 bits per heavy atom. The smallest absolute Gasteiger partial charge is 0.289 e. The van der Waals surface area contributed by atoms with Crippen LogP contribution in [0.15, 0.2) is 36.4 Å². The van der Waals surface area contributed by atoms with Gasteiger partial charge in [0.15, 0.2) is 0 Å². The van der Waals surface area contributed by atoms with Crippen molar-refractivity contribution < 1.29 is 9.72 Å². The van der Waals surface area contributed by atoms with Crippen LogP contribution in [0.3, 0.4) is 0 Å². The van der Waals surface area contributed by atoms with Crippen molar-refractivity contribution in [3.63, 3.8) is 0 Å². The van der Waals surface area contributed by atoms with E-state index in [-0.39, 0.29) is 22.4 Å². The molecule has 0 aromatic heterocycles. The zero-order valence-corrected chi connectivity index (χ0v) is 15.2. The highest BCUT2D eigenvalue weighted by molar-refractivity contribution is 7.99. The molecule has 2 aromatic carbocycles. The van der Waals surface area contributed by atoms with Crippen LogP contribution < -0.4 is 5.32 Å². The first-order valence-corrected chi connectivity index (χ1v) is 8.91. The number of nitro groups is 1. The zero-order valence-electron chi connectivity index (χ0n) is 12.1. The zero-order chi connectivity index (χ0) is 17.7. The van der Waals surface area contributed by atoms with E-state index in [1.54, 1.807) is 12.1 Å². The summed E-state index contributed by atoms with van der Waals surface area (Å²) in [5, 5.41) is 14.4. The molecule has 9 heteroatoms. The van der Waals surface area contributed by atoms with Gasteiger partial charge < -0.3 is 5.32 Å². The van der Waals surface area contributed by atoms with E-state index < -0.39 is 4.92 Å². The van der Waals surface area contributed by atoms with Gasteiger partial charge in [0, 0.05) is 17.5 Å². The van der Waals surface area contributed by atoms with Gasteiger partial charge >= 0.3 is 0 Å². The SMILES string of the molecule is O=C(CSCc1ccc(Cl)c(Cl)c1)Nc1ccc(Cl)c([N+](=O)[O-])c1. The summed E-state index contributed by atoms with van der Waals surface area (Å²) in [6.07, 6.45) is 0. The minimum atomic E-state index is -0.600. The van der Waals surface area contributed by atoms with Crippen LogP contribution in [0, 0.1) is 10.1 Å². The molecule has 0 heterocycles. The number of amides is 1. The highest BCUT2D eigenvalue weighted by Gasteiger charge is 2.14. The molecule has 2 aromatic rings. The third-order valence-electron chi connectivity index (χ3n) is 2.91. The van der Waals surface area contributed by atoms with Crippen LogP contribution in [-0.4, -0.2) is 16.6 Å². The number of carbonyl (C=O) groups excluding carboxylic acids is 1. The van der Waals surface area contributed by atoms with Gasteiger partial charge in [0.05, 0.1) is 20.7 Å². The van der Waals surface area contributed by atoms with Gasteiger partial charge in [-0.05, 0) is 29.8 Å². The number of nitro benzene ring substituents is 1. The summed E-state index contributed by atoms with van der Waals surface area (Å²) in [6, 6.07) is 9.39. The minimum absolute atomic E-state index is 0.0204. The topological polar surface area (TPSA) is 72.2 Å². The molecule has 0 unspecified atom stereocenters. The summed E-state index contributed by atoms with van der Waals surface area (Å²) < 4.78 is 0. The molecular formula is C15H11Cl3N2O3S. The lowest BCUT2D eigenvalue weighted by Gasteiger charge is -2.06. The average Bonchev–Trinajstić information content (AvgIpc) is 2.52. The Balaban J connectivity index is 1.88. The van der Waals surface area contributed by atoms with Gasteiger partial charge in [0.1, 0.15) is 5.02 Å². The second-order valence-corrected chi connectivity index (χ2v) is 6.92. The van der Waals surface area contributed by atoms with Crippen molar-refractivity contribution in [1.29, 1.82) is 0 Å². The van der Waals surface area contributed by atoms with Crippen molar-refractivity contribution in [1.82, 2.24) is 0 Å². The molecule has 0 fully saturated rings. The summed E-state index contributed by atoms with van der Waals surface area (Å²) in [4.78, 5) is 22.1. The lowest BCUT2D eigenvalue weighted by Crippen LogP contribution is -2.14. The first-order valence-electron chi connectivity index (χ1n) is 6.62. The molecule has 0 aliphatic rings. The first-order chi connectivity index (χ1) is 11.4. The predicted molar refractivity (Wildman–Crippen MR) is 99.4 cm³/mol. The van der Waals surface area contributed by atoms with E-state index in [4.69, 9.17) is 34.8 Å². The van der Waals surface area contributed by atoms with Crippen molar-refractivity contribution in [2.24, 2.45) is 0 Å². The Kier molecular flexibility index (Phi) is 6.74. The monoisotopic (exact) mass is 404 g/mol. The molecule has 126 valence electrons. The van der Waals surface area contributed by atoms with Gasteiger partial charge in [-0.15, -0.1) is 11.8 Å². The summed E-state index contributed by atoms with van der Waals surface area (Å²) in [6.45, 7) is 0. The fourth-order valence-electron chi connectivity index (χ4n) is 1.82. The third kappa shape index (κ3) is 5.27. The van der Waals surface area contributed by atoms with Gasteiger partial charge in [0.25, 0.3) is 5.69 Å². The lowest BCUT2D eigenvalue weighted by atomic mass is 10.2. The Bertz CT molecular complexity index is 787. The van der Waals surface area contributed by atoms with Crippen molar-refractivity contribution in [2.75, 3.05) is 11.1 Å². The summed E-state index contributed by atoms with van der Waals surface area (Å²) in [5.74, 6) is 0.513. The van der Waals surface area contributed by atoms with Crippen LogP contribution in [0.2, 0.25) is 15.1 Å². The molecule has 0 saturated heterocycles. The molecule has 0 spiro atoms. The van der Waals surface area contributed by atoms with Crippen LogP contribution in [-0.2, 0) is 10.5 Å². The molecule has 24 heavy (non-hydrogen) atoms. The largest absolute Gasteiger partial charge is 0.325 e. The summed E-state index contributed by atoms with van der Waals surface area (Å²) in [7, 11) is 0. The van der Waals surface area contributed by atoms with E-state index in [1.165, 1.54) is 30.0 Å². The Morgan fingerprint density at radius 3 is 2.46 bits per heavy atom. The average molecular weight is 406 g/mol. The van der Waals surface area contributed by atoms with Gasteiger partial charge in [-0.2, -0.15) is 0 Å². The normalized spacial score (nSPS) is 10.5. The molecule has 0 radical (unpaired) electrons. The second-order valence-electron chi connectivity index (χ2n) is 4.71. The standard InChI is InChI=1S/C15H11Cl3N2O3S/c16-11-3-1-9(5-13(11)18)7-24-8-15(21)19-10-2-4-12(17)14(6-10)20(22)23/h1-6H,7-8H2,(H,19,21). The maximum absolute atomic E-state index is 11.9. The molecule has 0 aliphatic heterocycles. The van der Waals surface area contributed by atoms with Crippen molar-refractivity contribution in [3.8, 4) is 0 Å². The fraction of sp³-hybridized carbons (Fsp3) is 0.133.